The normalized spacial score (nSPS) is 26.0. The minimum Gasteiger partial charge on any atom is -0.489 e. The summed E-state index contributed by atoms with van der Waals surface area (Å²) in [5.74, 6) is -2.19. The van der Waals surface area contributed by atoms with Crippen LogP contribution in [0.5, 0.6) is 5.75 Å². The molecule has 1 saturated heterocycles. The van der Waals surface area contributed by atoms with Crippen molar-refractivity contribution in [3.63, 3.8) is 0 Å². The van der Waals surface area contributed by atoms with Crippen LogP contribution in [0.2, 0.25) is 0 Å². The highest BCUT2D eigenvalue weighted by Crippen LogP contribution is 2.37. The van der Waals surface area contributed by atoms with Gasteiger partial charge in [-0.15, -0.1) is 0 Å². The number of fused-ring (bicyclic) bond motifs is 1. The van der Waals surface area contributed by atoms with E-state index < -0.39 is 61.6 Å². The third kappa shape index (κ3) is 5.68. The van der Waals surface area contributed by atoms with Crippen molar-refractivity contribution >= 4 is 17.8 Å². The molecular weight excluding hydrogens is 486 g/mol. The predicted octanol–water partition coefficient (Wildman–Crippen LogP) is 3.03. The topological polar surface area (TPSA) is 111 Å². The zero-order valence-electron chi connectivity index (χ0n) is 29.8. The molecule has 204 valence electrons. The average Bonchev–Trinajstić information content (AvgIpc) is 3.26. The predicted molar refractivity (Wildman–Crippen MR) is 141 cm³/mol. The molecule has 2 heterocycles. The molecule has 9 nitrogen and oxygen atoms in total. The van der Waals surface area contributed by atoms with Gasteiger partial charge < -0.3 is 24.8 Å². The van der Waals surface area contributed by atoms with Crippen molar-refractivity contribution in [1.82, 2.24) is 9.80 Å². The molecule has 0 aliphatic carbocycles. The van der Waals surface area contributed by atoms with Gasteiger partial charge in [-0.25, -0.2) is 4.79 Å². The molecule has 2 N–H and O–H groups in total. The van der Waals surface area contributed by atoms with Crippen molar-refractivity contribution in [2.45, 2.75) is 65.0 Å². The molecule has 2 amide bonds. The van der Waals surface area contributed by atoms with Crippen LogP contribution in [-0.2, 0) is 38.8 Å². The number of primary amides is 1. The maximum atomic E-state index is 13.5. The lowest BCUT2D eigenvalue weighted by atomic mass is 9.92. The molecule has 2 aliphatic heterocycles. The standard InChI is InChI=1S/C29H37N3O6/c1-5-29(26(30)34,27(35)38-28(2,3)4)32-18-23-22(25(32)33)7-6-8-24(23)37-19-21-11-9-20(10-12-21)17-31-13-15-36-16-14-31/h6-12H,5,13-19H2,1-4H3,(H2,30,34)/i13D2,14D2,15D2,16D2. The number of amides is 2. The van der Waals surface area contributed by atoms with Gasteiger partial charge in [0.25, 0.3) is 11.8 Å². The van der Waals surface area contributed by atoms with E-state index in [1.54, 1.807) is 70.2 Å². The molecule has 0 aromatic heterocycles. The lowest BCUT2D eigenvalue weighted by Crippen LogP contribution is -2.63. The van der Waals surface area contributed by atoms with Crippen LogP contribution in [-0.4, -0.2) is 64.8 Å². The summed E-state index contributed by atoms with van der Waals surface area (Å²) in [6.07, 6.45) is -0.109. The molecule has 0 bridgehead atoms. The van der Waals surface area contributed by atoms with E-state index in [1.807, 2.05) is 0 Å². The maximum Gasteiger partial charge on any atom is 0.342 e. The molecule has 2 aromatic rings. The molecular formula is C29H37N3O6. The summed E-state index contributed by atoms with van der Waals surface area (Å²) >= 11 is 0. The number of carbonyl (C=O) groups excluding carboxylic acids is 3. The second kappa shape index (κ2) is 11.1. The van der Waals surface area contributed by atoms with Crippen LogP contribution >= 0.6 is 0 Å². The molecule has 9 heteroatoms. The zero-order valence-corrected chi connectivity index (χ0v) is 21.8. The average molecular weight is 532 g/mol. The molecule has 0 radical (unpaired) electrons. The maximum absolute atomic E-state index is 13.5. The highest BCUT2D eigenvalue weighted by Gasteiger charge is 2.55. The fourth-order valence-electron chi connectivity index (χ4n) is 4.34. The number of ether oxygens (including phenoxy) is 3. The van der Waals surface area contributed by atoms with E-state index in [-0.39, 0.29) is 25.1 Å². The highest BCUT2D eigenvalue weighted by molar-refractivity contribution is 6.12. The van der Waals surface area contributed by atoms with Crippen molar-refractivity contribution in [1.29, 1.82) is 0 Å². The van der Waals surface area contributed by atoms with Gasteiger partial charge in [0, 0.05) is 36.1 Å². The smallest absolute Gasteiger partial charge is 0.342 e. The van der Waals surface area contributed by atoms with Crippen LogP contribution in [0.25, 0.3) is 0 Å². The Labute approximate surface area is 235 Å². The van der Waals surface area contributed by atoms with Crippen molar-refractivity contribution < 1.29 is 39.6 Å². The number of nitrogens with zero attached hydrogens (tertiary/aromatic N) is 2. The summed E-state index contributed by atoms with van der Waals surface area (Å²) in [5, 5.41) is 0. The minimum absolute atomic E-state index is 0.00996. The van der Waals surface area contributed by atoms with E-state index >= 15 is 0 Å². The number of hydrogen-bond acceptors (Lipinski definition) is 7. The monoisotopic (exact) mass is 531 g/mol. The summed E-state index contributed by atoms with van der Waals surface area (Å²) in [6, 6.07) is 11.2. The van der Waals surface area contributed by atoms with Crippen LogP contribution in [0.1, 0.15) is 72.1 Å². The van der Waals surface area contributed by atoms with Crippen molar-refractivity contribution in [2.24, 2.45) is 5.73 Å². The van der Waals surface area contributed by atoms with Gasteiger partial charge in [-0.3, -0.25) is 14.5 Å². The first kappa shape index (κ1) is 18.8. The van der Waals surface area contributed by atoms with Crippen LogP contribution in [0.15, 0.2) is 42.5 Å². The Morgan fingerprint density at radius 2 is 1.74 bits per heavy atom. The van der Waals surface area contributed by atoms with Gasteiger partial charge in [-0.2, -0.15) is 0 Å². The summed E-state index contributed by atoms with van der Waals surface area (Å²) in [7, 11) is 0. The fourth-order valence-corrected chi connectivity index (χ4v) is 4.34. The van der Waals surface area contributed by atoms with E-state index in [2.05, 4.69) is 4.74 Å². The Bertz CT molecular complexity index is 1500. The van der Waals surface area contributed by atoms with Crippen molar-refractivity contribution in [3.05, 3.63) is 64.7 Å². The van der Waals surface area contributed by atoms with Gasteiger partial charge in [0.1, 0.15) is 18.0 Å². The first-order chi connectivity index (χ1) is 21.0. The van der Waals surface area contributed by atoms with E-state index in [4.69, 9.17) is 26.2 Å². The Kier molecular flexibility index (Phi) is 5.49. The van der Waals surface area contributed by atoms with Gasteiger partial charge in [0.15, 0.2) is 0 Å². The molecule has 0 saturated carbocycles. The van der Waals surface area contributed by atoms with E-state index in [1.165, 1.54) is 0 Å². The second-order valence-electron chi connectivity index (χ2n) is 9.97. The van der Waals surface area contributed by atoms with Gasteiger partial charge in [0.2, 0.25) is 5.54 Å². The largest absolute Gasteiger partial charge is 0.489 e. The zero-order chi connectivity index (χ0) is 34.7. The van der Waals surface area contributed by atoms with Crippen LogP contribution < -0.4 is 10.5 Å². The van der Waals surface area contributed by atoms with Crippen LogP contribution in [0, 0.1) is 0 Å². The quantitative estimate of drug-likeness (QED) is 0.391. The molecule has 4 rings (SSSR count). The number of morpholine rings is 1. The molecule has 2 aromatic carbocycles. The van der Waals surface area contributed by atoms with E-state index in [9.17, 15) is 14.4 Å². The number of rotatable bonds is 9. The summed E-state index contributed by atoms with van der Waals surface area (Å²) in [6.45, 7) is -6.38. The molecule has 1 unspecified atom stereocenters. The third-order valence-corrected chi connectivity index (χ3v) is 6.26. The van der Waals surface area contributed by atoms with Gasteiger partial charge in [0.05, 0.1) is 25.1 Å². The summed E-state index contributed by atoms with van der Waals surface area (Å²) in [4.78, 5) is 41.1. The lowest BCUT2D eigenvalue weighted by molar-refractivity contribution is -0.171. The molecule has 1 fully saturated rings. The summed E-state index contributed by atoms with van der Waals surface area (Å²) in [5.41, 5.74) is 4.45. The summed E-state index contributed by atoms with van der Waals surface area (Å²) < 4.78 is 80.3. The fraction of sp³-hybridized carbons (Fsp3) is 0.483. The number of benzene rings is 2. The number of carbonyl (C=O) groups is 3. The Morgan fingerprint density at radius 1 is 1.08 bits per heavy atom. The van der Waals surface area contributed by atoms with Crippen LogP contribution in [0.3, 0.4) is 0 Å². The Morgan fingerprint density at radius 3 is 2.34 bits per heavy atom. The molecule has 2 aliphatic rings. The van der Waals surface area contributed by atoms with Gasteiger partial charge in [-0.05, 0) is 50.5 Å². The number of nitrogens with two attached hydrogens (primary N) is 1. The van der Waals surface area contributed by atoms with Crippen molar-refractivity contribution in [2.75, 3.05) is 26.1 Å². The lowest BCUT2D eigenvalue weighted by Gasteiger charge is -2.38. The highest BCUT2D eigenvalue weighted by atomic mass is 16.6. The molecule has 1 atom stereocenters. The molecule has 0 spiro atoms. The van der Waals surface area contributed by atoms with E-state index in [0.717, 1.165) is 4.90 Å². The molecule has 38 heavy (non-hydrogen) atoms. The van der Waals surface area contributed by atoms with Gasteiger partial charge >= 0.3 is 5.97 Å². The Hall–Kier alpha value is -3.43. The van der Waals surface area contributed by atoms with Crippen LogP contribution in [0.4, 0.5) is 0 Å². The van der Waals surface area contributed by atoms with Gasteiger partial charge in [-0.1, -0.05) is 37.3 Å². The first-order valence-electron chi connectivity index (χ1n) is 16.2. The minimum atomic E-state index is -3.13. The second-order valence-corrected chi connectivity index (χ2v) is 9.97. The number of hydrogen-bond donors (Lipinski definition) is 1. The number of esters is 1. The Balaban J connectivity index is 1.53. The first-order valence-corrected chi connectivity index (χ1v) is 12.2. The van der Waals surface area contributed by atoms with E-state index in [0.29, 0.717) is 27.3 Å². The van der Waals surface area contributed by atoms with Crippen molar-refractivity contribution in [3.8, 4) is 5.75 Å². The SMILES string of the molecule is [2H]C1([2H])OC([2H])([2H])C([2H])([2H])N(Cc2ccc(COc3cccc4c3CN(C(CC)(C(N)=O)C(=O)OC(C)(C)C)C4=O)cc2)C1([2H])[2H]. The third-order valence-electron chi connectivity index (χ3n) is 6.26.